The predicted octanol–water partition coefficient (Wildman–Crippen LogP) is 1.73. The van der Waals surface area contributed by atoms with Gasteiger partial charge < -0.3 is 10.6 Å². The van der Waals surface area contributed by atoms with Crippen LogP contribution in [0.3, 0.4) is 0 Å². The molecular weight excluding hydrogens is 232 g/mol. The summed E-state index contributed by atoms with van der Waals surface area (Å²) in [5.74, 6) is 0.138. The van der Waals surface area contributed by atoms with Crippen LogP contribution in [0.25, 0.3) is 0 Å². The summed E-state index contributed by atoms with van der Waals surface area (Å²) < 4.78 is 0. The normalized spacial score (nSPS) is 20.1. The molecule has 0 spiro atoms. The van der Waals surface area contributed by atoms with E-state index in [1.165, 1.54) is 0 Å². The first-order valence-electron chi connectivity index (χ1n) is 4.86. The Morgan fingerprint density at radius 3 is 3.07 bits per heavy atom. The van der Waals surface area contributed by atoms with Crippen molar-refractivity contribution in [3.8, 4) is 0 Å². The van der Waals surface area contributed by atoms with Crippen molar-refractivity contribution in [3.05, 3.63) is 22.4 Å². The topological polar surface area (TPSA) is 46.3 Å². The van der Waals surface area contributed by atoms with E-state index in [0.717, 1.165) is 24.9 Å². The minimum atomic E-state index is 0. The highest BCUT2D eigenvalue weighted by Gasteiger charge is 2.28. The maximum absolute atomic E-state index is 12.0. The van der Waals surface area contributed by atoms with Crippen LogP contribution in [0, 0.1) is 0 Å². The molecule has 0 aromatic carbocycles. The van der Waals surface area contributed by atoms with Crippen molar-refractivity contribution in [1.29, 1.82) is 0 Å². The average molecular weight is 247 g/mol. The summed E-state index contributed by atoms with van der Waals surface area (Å²) in [6, 6.07) is 2.13. The van der Waals surface area contributed by atoms with Crippen molar-refractivity contribution in [2.45, 2.75) is 18.9 Å². The molecule has 0 bridgehead atoms. The first kappa shape index (κ1) is 12.5. The molecule has 0 aliphatic carbocycles. The van der Waals surface area contributed by atoms with Crippen LogP contribution in [0.4, 0.5) is 0 Å². The van der Waals surface area contributed by atoms with Gasteiger partial charge in [0, 0.05) is 24.5 Å². The zero-order valence-corrected chi connectivity index (χ0v) is 10.0. The fourth-order valence-electron chi connectivity index (χ4n) is 1.90. The smallest absolute Gasteiger partial charge is 0.254 e. The fraction of sp³-hybridized carbons (Fsp3) is 0.500. The Morgan fingerprint density at radius 2 is 2.47 bits per heavy atom. The van der Waals surface area contributed by atoms with Gasteiger partial charge in [-0.05, 0) is 24.3 Å². The van der Waals surface area contributed by atoms with Gasteiger partial charge in [0.15, 0.2) is 0 Å². The first-order chi connectivity index (χ1) is 6.83. The van der Waals surface area contributed by atoms with Crippen LogP contribution in [0.5, 0.6) is 0 Å². The standard InChI is InChI=1S/C10H14N2OS.ClH/c11-6-9-2-1-4-12(9)10(13)8-3-5-14-7-8;/h3,5,7,9H,1-2,4,6,11H2;1H. The third-order valence-corrected chi connectivity index (χ3v) is 3.36. The molecule has 1 saturated heterocycles. The number of hydrogen-bond donors (Lipinski definition) is 1. The molecule has 1 aromatic rings. The minimum absolute atomic E-state index is 0. The second-order valence-electron chi connectivity index (χ2n) is 3.54. The van der Waals surface area contributed by atoms with Gasteiger partial charge in [-0.15, -0.1) is 12.4 Å². The fourth-order valence-corrected chi connectivity index (χ4v) is 2.53. The van der Waals surface area contributed by atoms with Crippen molar-refractivity contribution < 1.29 is 4.79 Å². The Morgan fingerprint density at radius 1 is 1.67 bits per heavy atom. The molecular formula is C10H15ClN2OS. The lowest BCUT2D eigenvalue weighted by molar-refractivity contribution is 0.0742. The number of nitrogens with two attached hydrogens (primary N) is 1. The van der Waals surface area contributed by atoms with Crippen molar-refractivity contribution >= 4 is 29.7 Å². The molecule has 2 rings (SSSR count). The molecule has 1 unspecified atom stereocenters. The molecule has 3 nitrogen and oxygen atoms in total. The Labute approximate surface area is 99.7 Å². The average Bonchev–Trinajstić information content (AvgIpc) is 2.87. The van der Waals surface area contributed by atoms with Crippen molar-refractivity contribution in [1.82, 2.24) is 4.90 Å². The van der Waals surface area contributed by atoms with E-state index in [2.05, 4.69) is 0 Å². The molecule has 0 saturated carbocycles. The summed E-state index contributed by atoms with van der Waals surface area (Å²) in [4.78, 5) is 13.9. The van der Waals surface area contributed by atoms with Gasteiger partial charge in [-0.3, -0.25) is 4.79 Å². The Kier molecular flexibility index (Phi) is 4.57. The summed E-state index contributed by atoms with van der Waals surface area (Å²) >= 11 is 1.56. The van der Waals surface area contributed by atoms with Crippen LogP contribution in [-0.4, -0.2) is 29.9 Å². The van der Waals surface area contributed by atoms with E-state index < -0.39 is 0 Å². The Bertz CT molecular complexity index is 315. The number of carbonyl (C=O) groups is 1. The second kappa shape index (κ2) is 5.49. The maximum Gasteiger partial charge on any atom is 0.254 e. The number of rotatable bonds is 2. The Balaban J connectivity index is 0.00000112. The lowest BCUT2D eigenvalue weighted by Crippen LogP contribution is -2.39. The quantitative estimate of drug-likeness (QED) is 0.864. The van der Waals surface area contributed by atoms with Gasteiger partial charge in [-0.25, -0.2) is 0 Å². The number of thiophene rings is 1. The number of halogens is 1. The molecule has 1 aliphatic rings. The number of nitrogens with zero attached hydrogens (tertiary/aromatic N) is 1. The largest absolute Gasteiger partial charge is 0.334 e. The molecule has 1 atom stereocenters. The SMILES string of the molecule is Cl.NCC1CCCN1C(=O)c1ccsc1. The van der Waals surface area contributed by atoms with Crippen LogP contribution in [-0.2, 0) is 0 Å². The second-order valence-corrected chi connectivity index (χ2v) is 4.32. The molecule has 1 amide bonds. The van der Waals surface area contributed by atoms with Crippen molar-refractivity contribution in [3.63, 3.8) is 0 Å². The number of carbonyl (C=O) groups excluding carboxylic acids is 1. The van der Waals surface area contributed by atoms with E-state index in [9.17, 15) is 4.79 Å². The highest BCUT2D eigenvalue weighted by atomic mass is 35.5. The zero-order valence-electron chi connectivity index (χ0n) is 8.39. The molecule has 2 heterocycles. The molecule has 5 heteroatoms. The van der Waals surface area contributed by atoms with Crippen LogP contribution in [0.1, 0.15) is 23.2 Å². The monoisotopic (exact) mass is 246 g/mol. The van der Waals surface area contributed by atoms with Gasteiger partial charge in [-0.2, -0.15) is 11.3 Å². The number of amides is 1. The third-order valence-electron chi connectivity index (χ3n) is 2.68. The van der Waals surface area contributed by atoms with Gasteiger partial charge in [-0.1, -0.05) is 0 Å². The Hall–Kier alpha value is -0.580. The van der Waals surface area contributed by atoms with E-state index in [-0.39, 0.29) is 24.4 Å². The molecule has 1 fully saturated rings. The molecule has 0 radical (unpaired) electrons. The van der Waals surface area contributed by atoms with E-state index in [1.807, 2.05) is 21.7 Å². The molecule has 1 aliphatic heterocycles. The summed E-state index contributed by atoms with van der Waals surface area (Å²) in [6.45, 7) is 1.44. The number of hydrogen-bond acceptors (Lipinski definition) is 3. The maximum atomic E-state index is 12.0. The van der Waals surface area contributed by atoms with Gasteiger partial charge in [0.1, 0.15) is 0 Å². The molecule has 1 aromatic heterocycles. The predicted molar refractivity (Wildman–Crippen MR) is 64.7 cm³/mol. The summed E-state index contributed by atoms with van der Waals surface area (Å²) in [5, 5.41) is 3.83. The van der Waals surface area contributed by atoms with Crippen LogP contribution in [0.2, 0.25) is 0 Å². The molecule has 2 N–H and O–H groups in total. The van der Waals surface area contributed by atoms with Crippen LogP contribution >= 0.6 is 23.7 Å². The molecule has 84 valence electrons. The minimum Gasteiger partial charge on any atom is -0.334 e. The first-order valence-corrected chi connectivity index (χ1v) is 5.80. The number of likely N-dealkylation sites (tertiary alicyclic amines) is 1. The van der Waals surface area contributed by atoms with E-state index in [0.29, 0.717) is 6.54 Å². The van der Waals surface area contributed by atoms with Crippen LogP contribution < -0.4 is 5.73 Å². The van der Waals surface area contributed by atoms with E-state index in [4.69, 9.17) is 5.73 Å². The summed E-state index contributed by atoms with van der Waals surface area (Å²) in [7, 11) is 0. The van der Waals surface area contributed by atoms with Gasteiger partial charge in [0.25, 0.3) is 5.91 Å². The van der Waals surface area contributed by atoms with Gasteiger partial charge in [0.05, 0.1) is 5.56 Å². The summed E-state index contributed by atoms with van der Waals surface area (Å²) in [6.07, 6.45) is 2.13. The van der Waals surface area contributed by atoms with E-state index >= 15 is 0 Å². The van der Waals surface area contributed by atoms with E-state index in [1.54, 1.807) is 11.3 Å². The molecule has 15 heavy (non-hydrogen) atoms. The lowest BCUT2D eigenvalue weighted by atomic mass is 10.2. The highest BCUT2D eigenvalue weighted by molar-refractivity contribution is 7.08. The van der Waals surface area contributed by atoms with Crippen LogP contribution in [0.15, 0.2) is 16.8 Å². The summed E-state index contributed by atoms with van der Waals surface area (Å²) in [5.41, 5.74) is 6.43. The van der Waals surface area contributed by atoms with Crippen molar-refractivity contribution in [2.75, 3.05) is 13.1 Å². The highest BCUT2D eigenvalue weighted by Crippen LogP contribution is 2.20. The third kappa shape index (κ3) is 2.51. The van der Waals surface area contributed by atoms with Crippen molar-refractivity contribution in [2.24, 2.45) is 5.73 Å². The lowest BCUT2D eigenvalue weighted by Gasteiger charge is -2.22. The zero-order chi connectivity index (χ0) is 9.97. The van der Waals surface area contributed by atoms with Gasteiger partial charge in [0.2, 0.25) is 0 Å². The van der Waals surface area contributed by atoms with Gasteiger partial charge >= 0.3 is 0 Å².